The van der Waals surface area contributed by atoms with Crippen molar-refractivity contribution in [1.29, 1.82) is 0 Å². The molecule has 0 atom stereocenters. The van der Waals surface area contributed by atoms with Gasteiger partial charge in [-0.05, 0) is 44.0 Å². The molecule has 0 radical (unpaired) electrons. The third-order valence-electron chi connectivity index (χ3n) is 5.46. The van der Waals surface area contributed by atoms with Gasteiger partial charge in [-0.25, -0.2) is 0 Å². The molecule has 1 aromatic heterocycles. The largest absolute Gasteiger partial charge is 0.416 e. The van der Waals surface area contributed by atoms with Crippen molar-refractivity contribution in [2.45, 2.75) is 39.8 Å². The van der Waals surface area contributed by atoms with E-state index in [-0.39, 0.29) is 11.7 Å². The molecule has 2 heterocycles. The summed E-state index contributed by atoms with van der Waals surface area (Å²) in [4.78, 5) is 31.8. The number of nitrogens with zero attached hydrogens (tertiary/aromatic N) is 2. The second-order valence-corrected chi connectivity index (χ2v) is 7.61. The number of hydrogen-bond donors (Lipinski definition) is 1. The smallest absolute Gasteiger partial charge is 0.368 e. The molecular weight excluding hydrogens is 395 g/mol. The number of aromatic nitrogens is 1. The molecule has 2 aromatic rings. The molecule has 162 valence electrons. The Hall–Kier alpha value is -2.77. The van der Waals surface area contributed by atoms with Crippen LogP contribution in [0, 0.1) is 6.92 Å². The van der Waals surface area contributed by atoms with Crippen LogP contribution in [-0.4, -0.2) is 47.8 Å². The van der Waals surface area contributed by atoms with Crippen molar-refractivity contribution in [3.05, 3.63) is 52.3 Å². The molecule has 30 heavy (non-hydrogen) atoms. The van der Waals surface area contributed by atoms with Crippen molar-refractivity contribution < 1.29 is 22.8 Å². The summed E-state index contributed by atoms with van der Waals surface area (Å²) in [6, 6.07) is 5.25. The highest BCUT2D eigenvalue weighted by atomic mass is 19.4. The van der Waals surface area contributed by atoms with Gasteiger partial charge >= 0.3 is 6.18 Å². The van der Waals surface area contributed by atoms with E-state index in [1.165, 1.54) is 13.0 Å². The second-order valence-electron chi connectivity index (χ2n) is 7.61. The van der Waals surface area contributed by atoms with Gasteiger partial charge in [0, 0.05) is 43.1 Å². The fraction of sp³-hybridized carbons (Fsp3) is 0.455. The number of hydrogen-bond acceptors (Lipinski definition) is 3. The third-order valence-corrected chi connectivity index (χ3v) is 5.46. The third kappa shape index (κ3) is 4.37. The monoisotopic (exact) mass is 421 g/mol. The second kappa shape index (κ2) is 8.53. The summed E-state index contributed by atoms with van der Waals surface area (Å²) in [6.45, 7) is 6.96. The number of benzene rings is 1. The number of aromatic amines is 1. The molecule has 0 unspecified atom stereocenters. The maximum absolute atomic E-state index is 13.1. The Morgan fingerprint density at radius 3 is 2.37 bits per heavy atom. The zero-order valence-corrected chi connectivity index (χ0v) is 17.4. The zero-order valence-electron chi connectivity index (χ0n) is 17.4. The SMILES string of the molecule is CCCc1c(C(=O)N2CCN(c3cccc(C(F)(F)F)c3)CC2)[nH]c(C)c1C(C)=O. The number of rotatable bonds is 5. The van der Waals surface area contributed by atoms with Crippen LogP contribution in [0.5, 0.6) is 0 Å². The Bertz CT molecular complexity index is 942. The first kappa shape index (κ1) is 21.9. The highest BCUT2D eigenvalue weighted by molar-refractivity contribution is 6.02. The summed E-state index contributed by atoms with van der Waals surface area (Å²) in [6.07, 6.45) is -2.95. The molecule has 3 rings (SSSR count). The molecule has 1 aromatic carbocycles. The predicted octanol–water partition coefficient (Wildman–Crippen LogP) is 4.46. The van der Waals surface area contributed by atoms with Crippen molar-refractivity contribution in [1.82, 2.24) is 9.88 Å². The van der Waals surface area contributed by atoms with Crippen molar-refractivity contribution in [2.24, 2.45) is 0 Å². The first-order valence-corrected chi connectivity index (χ1v) is 10.1. The molecule has 1 aliphatic heterocycles. The molecule has 1 aliphatic rings. The minimum Gasteiger partial charge on any atom is -0.368 e. The first-order chi connectivity index (χ1) is 14.1. The molecule has 1 amide bonds. The number of aryl methyl sites for hydroxylation is 1. The summed E-state index contributed by atoms with van der Waals surface area (Å²) < 4.78 is 39.0. The van der Waals surface area contributed by atoms with E-state index in [1.807, 2.05) is 11.8 Å². The number of carbonyl (C=O) groups excluding carboxylic acids is 2. The van der Waals surface area contributed by atoms with Crippen LogP contribution in [0.25, 0.3) is 0 Å². The Morgan fingerprint density at radius 1 is 1.13 bits per heavy atom. The number of Topliss-reactive ketones (excluding diaryl/α,β-unsaturated/α-hetero) is 1. The standard InChI is InChI=1S/C22H26F3N3O2/c1-4-6-18-19(15(3)29)14(2)26-20(18)21(30)28-11-9-27(10-12-28)17-8-5-7-16(13-17)22(23,24)25/h5,7-8,13,26H,4,6,9-12H2,1-3H3. The van der Waals surface area contributed by atoms with Crippen molar-refractivity contribution in [2.75, 3.05) is 31.1 Å². The van der Waals surface area contributed by atoms with Gasteiger partial charge in [-0.3, -0.25) is 9.59 Å². The van der Waals surface area contributed by atoms with Crippen LogP contribution >= 0.6 is 0 Å². The molecule has 8 heteroatoms. The van der Waals surface area contributed by atoms with Gasteiger partial charge in [0.25, 0.3) is 5.91 Å². The van der Waals surface area contributed by atoms with Gasteiger partial charge in [0.2, 0.25) is 0 Å². The predicted molar refractivity (Wildman–Crippen MR) is 109 cm³/mol. The van der Waals surface area contributed by atoms with E-state index >= 15 is 0 Å². The molecule has 0 bridgehead atoms. The number of amides is 1. The van der Waals surface area contributed by atoms with E-state index in [2.05, 4.69) is 4.98 Å². The Balaban J connectivity index is 1.75. The highest BCUT2D eigenvalue weighted by Gasteiger charge is 2.32. The fourth-order valence-corrected chi connectivity index (χ4v) is 4.04. The van der Waals surface area contributed by atoms with Gasteiger partial charge in [-0.2, -0.15) is 13.2 Å². The van der Waals surface area contributed by atoms with Crippen LogP contribution < -0.4 is 4.90 Å². The lowest BCUT2D eigenvalue weighted by Crippen LogP contribution is -2.49. The average Bonchev–Trinajstić information content (AvgIpc) is 3.03. The number of carbonyl (C=O) groups is 2. The summed E-state index contributed by atoms with van der Waals surface area (Å²) in [5.41, 5.74) is 2.30. The lowest BCUT2D eigenvalue weighted by Gasteiger charge is -2.36. The van der Waals surface area contributed by atoms with E-state index in [0.29, 0.717) is 55.2 Å². The first-order valence-electron chi connectivity index (χ1n) is 10.1. The Kier molecular flexibility index (Phi) is 6.24. The number of alkyl halides is 3. The van der Waals surface area contributed by atoms with Crippen LogP contribution in [0.15, 0.2) is 24.3 Å². The topological polar surface area (TPSA) is 56.4 Å². The van der Waals surface area contributed by atoms with E-state index in [9.17, 15) is 22.8 Å². The van der Waals surface area contributed by atoms with Gasteiger partial charge in [0.1, 0.15) is 5.69 Å². The summed E-state index contributed by atoms with van der Waals surface area (Å²) in [5, 5.41) is 0. The van der Waals surface area contributed by atoms with E-state index in [4.69, 9.17) is 0 Å². The van der Waals surface area contributed by atoms with Gasteiger partial charge in [-0.1, -0.05) is 19.4 Å². The molecule has 0 saturated carbocycles. The zero-order chi connectivity index (χ0) is 22.1. The lowest BCUT2D eigenvalue weighted by atomic mass is 10.0. The van der Waals surface area contributed by atoms with E-state index < -0.39 is 11.7 Å². The Morgan fingerprint density at radius 2 is 1.80 bits per heavy atom. The quantitative estimate of drug-likeness (QED) is 0.726. The number of anilines is 1. The molecule has 0 spiro atoms. The molecule has 1 fully saturated rings. The molecule has 1 N–H and O–H groups in total. The minimum absolute atomic E-state index is 0.0689. The normalized spacial score (nSPS) is 14.9. The highest BCUT2D eigenvalue weighted by Crippen LogP contribution is 2.32. The molecular formula is C22H26F3N3O2. The number of nitrogens with one attached hydrogen (secondary N) is 1. The van der Waals surface area contributed by atoms with Gasteiger partial charge in [0.15, 0.2) is 5.78 Å². The van der Waals surface area contributed by atoms with Gasteiger partial charge in [0.05, 0.1) is 5.56 Å². The number of halogens is 3. The van der Waals surface area contributed by atoms with Crippen molar-refractivity contribution >= 4 is 17.4 Å². The van der Waals surface area contributed by atoms with Crippen LogP contribution in [0.2, 0.25) is 0 Å². The molecule has 1 saturated heterocycles. The van der Waals surface area contributed by atoms with Gasteiger partial charge < -0.3 is 14.8 Å². The van der Waals surface area contributed by atoms with E-state index in [1.54, 1.807) is 17.9 Å². The summed E-state index contributed by atoms with van der Waals surface area (Å²) in [7, 11) is 0. The molecule has 5 nitrogen and oxygen atoms in total. The van der Waals surface area contributed by atoms with E-state index in [0.717, 1.165) is 24.1 Å². The van der Waals surface area contributed by atoms with Gasteiger partial charge in [-0.15, -0.1) is 0 Å². The summed E-state index contributed by atoms with van der Waals surface area (Å²) in [5.74, 6) is -0.238. The maximum atomic E-state index is 13.1. The lowest BCUT2D eigenvalue weighted by molar-refractivity contribution is -0.137. The average molecular weight is 421 g/mol. The van der Waals surface area contributed by atoms with Crippen molar-refractivity contribution in [3.8, 4) is 0 Å². The fourth-order valence-electron chi connectivity index (χ4n) is 4.04. The summed E-state index contributed by atoms with van der Waals surface area (Å²) >= 11 is 0. The maximum Gasteiger partial charge on any atom is 0.416 e. The van der Waals surface area contributed by atoms with Crippen LogP contribution in [-0.2, 0) is 12.6 Å². The number of H-pyrrole nitrogens is 1. The number of piperazine rings is 1. The van der Waals surface area contributed by atoms with Crippen LogP contribution in [0.3, 0.4) is 0 Å². The van der Waals surface area contributed by atoms with Crippen LogP contribution in [0.1, 0.15) is 57.9 Å². The minimum atomic E-state index is -4.39. The van der Waals surface area contributed by atoms with Crippen molar-refractivity contribution in [3.63, 3.8) is 0 Å². The van der Waals surface area contributed by atoms with Crippen LogP contribution in [0.4, 0.5) is 18.9 Å². The molecule has 0 aliphatic carbocycles. The Labute approximate surface area is 173 Å². The number of ketones is 1.